The molecule has 48 heavy (non-hydrogen) atoms. The van der Waals surface area contributed by atoms with Crippen LogP contribution in [0.2, 0.25) is 5.02 Å². The topological polar surface area (TPSA) is 126 Å². The minimum Gasteiger partial charge on any atom is -0.496 e. The summed E-state index contributed by atoms with van der Waals surface area (Å²) in [4.78, 5) is 32.6. The maximum absolute atomic E-state index is 11.5. The van der Waals surface area contributed by atoms with Gasteiger partial charge in [-0.05, 0) is 49.1 Å². The van der Waals surface area contributed by atoms with Crippen LogP contribution in [-0.2, 0) is 22.7 Å². The molecular weight excluding hydrogens is 628 g/mol. The molecule has 11 heteroatoms. The Morgan fingerprint density at radius 3 is 2.15 bits per heavy atom. The molecule has 6 rings (SSSR count). The highest BCUT2D eigenvalue weighted by Gasteiger charge is 2.22. The molecule has 2 aliphatic heterocycles. The smallest absolute Gasteiger partial charge is 0.220 e. The van der Waals surface area contributed by atoms with E-state index >= 15 is 0 Å². The Kier molecular flexibility index (Phi) is 10.5. The zero-order valence-corrected chi connectivity index (χ0v) is 28.2. The number of carbonyl (C=O) groups excluding carboxylic acids is 2. The summed E-state index contributed by atoms with van der Waals surface area (Å²) in [5, 5.41) is 13.4. The fourth-order valence-electron chi connectivity index (χ4n) is 6.45. The maximum Gasteiger partial charge on any atom is 0.220 e. The van der Waals surface area contributed by atoms with Gasteiger partial charge in [-0.3, -0.25) is 14.6 Å². The van der Waals surface area contributed by atoms with Gasteiger partial charge in [-0.25, -0.2) is 4.98 Å². The molecule has 2 amide bonds. The molecule has 2 aromatic carbocycles. The predicted molar refractivity (Wildman–Crippen MR) is 187 cm³/mol. The second kappa shape index (κ2) is 15.1. The number of methoxy groups -OCH3 is 2. The molecule has 0 aliphatic carbocycles. The Morgan fingerprint density at radius 2 is 1.50 bits per heavy atom. The van der Waals surface area contributed by atoms with E-state index in [1.165, 1.54) is 0 Å². The van der Waals surface area contributed by atoms with Crippen LogP contribution < -0.4 is 30.7 Å². The Labute approximate surface area is 286 Å². The number of hydrogen-bond acceptors (Lipinski definition) is 8. The summed E-state index contributed by atoms with van der Waals surface area (Å²) in [7, 11) is 3.28. The number of pyridine rings is 2. The van der Waals surface area contributed by atoms with Crippen LogP contribution in [0.25, 0.3) is 33.6 Å². The number of rotatable bonds is 13. The fraction of sp³-hybridized carbons (Fsp3) is 0.351. The minimum absolute atomic E-state index is 0.106. The summed E-state index contributed by atoms with van der Waals surface area (Å²) >= 11 is 7.13. The molecule has 4 N–H and O–H groups in total. The van der Waals surface area contributed by atoms with E-state index in [4.69, 9.17) is 31.0 Å². The van der Waals surface area contributed by atoms with E-state index in [0.29, 0.717) is 55.6 Å². The van der Waals surface area contributed by atoms with Crippen molar-refractivity contribution in [2.75, 3.05) is 27.3 Å². The molecule has 0 radical (unpaired) electrons. The fourth-order valence-corrected chi connectivity index (χ4v) is 6.77. The molecule has 2 fully saturated rings. The molecule has 2 atom stereocenters. The second-order valence-electron chi connectivity index (χ2n) is 12.3. The van der Waals surface area contributed by atoms with Crippen molar-refractivity contribution in [2.45, 2.75) is 57.8 Å². The van der Waals surface area contributed by atoms with Gasteiger partial charge in [-0.1, -0.05) is 48.0 Å². The van der Waals surface area contributed by atoms with E-state index in [1.54, 1.807) is 20.4 Å². The summed E-state index contributed by atoms with van der Waals surface area (Å²) < 4.78 is 11.4. The summed E-state index contributed by atoms with van der Waals surface area (Å²) in [6.07, 6.45) is 4.67. The van der Waals surface area contributed by atoms with E-state index in [2.05, 4.69) is 40.3 Å². The van der Waals surface area contributed by atoms with Crippen molar-refractivity contribution in [1.29, 1.82) is 0 Å². The van der Waals surface area contributed by atoms with Gasteiger partial charge in [-0.2, -0.15) is 0 Å². The van der Waals surface area contributed by atoms with Gasteiger partial charge in [0.25, 0.3) is 0 Å². The number of halogens is 1. The molecule has 0 bridgehead atoms. The number of hydrogen-bond donors (Lipinski definition) is 4. The van der Waals surface area contributed by atoms with Gasteiger partial charge in [0.2, 0.25) is 17.7 Å². The maximum atomic E-state index is 11.5. The molecular formula is C37H41ClN6O4. The van der Waals surface area contributed by atoms with Crippen LogP contribution in [0.15, 0.2) is 60.8 Å². The lowest BCUT2D eigenvalue weighted by atomic mass is 9.94. The molecule has 10 nitrogen and oxygen atoms in total. The van der Waals surface area contributed by atoms with Crippen LogP contribution in [-0.4, -0.2) is 61.2 Å². The predicted octanol–water partition coefficient (Wildman–Crippen LogP) is 5.19. The van der Waals surface area contributed by atoms with Crippen molar-refractivity contribution in [3.05, 3.63) is 82.5 Å². The highest BCUT2D eigenvalue weighted by Crippen LogP contribution is 2.40. The van der Waals surface area contributed by atoms with Crippen molar-refractivity contribution >= 4 is 23.4 Å². The number of ether oxygens (including phenoxy) is 2. The lowest BCUT2D eigenvalue weighted by Crippen LogP contribution is -2.35. The molecule has 2 aromatic heterocycles. The summed E-state index contributed by atoms with van der Waals surface area (Å²) in [6, 6.07) is 18.3. The Bertz CT molecular complexity index is 1680. The van der Waals surface area contributed by atoms with Crippen LogP contribution in [0.1, 0.15) is 42.4 Å². The first-order valence-corrected chi connectivity index (χ1v) is 16.7. The average Bonchev–Trinajstić information content (AvgIpc) is 3.72. The largest absolute Gasteiger partial charge is 0.496 e. The lowest BCUT2D eigenvalue weighted by Gasteiger charge is -2.17. The Balaban J connectivity index is 1.20. The van der Waals surface area contributed by atoms with Gasteiger partial charge in [0.05, 0.1) is 30.6 Å². The van der Waals surface area contributed by atoms with Crippen molar-refractivity contribution in [3.63, 3.8) is 0 Å². The first kappa shape index (κ1) is 33.4. The van der Waals surface area contributed by atoms with Crippen LogP contribution >= 0.6 is 11.6 Å². The van der Waals surface area contributed by atoms with E-state index in [9.17, 15) is 9.59 Å². The van der Waals surface area contributed by atoms with Crippen molar-refractivity contribution in [3.8, 4) is 45.3 Å². The van der Waals surface area contributed by atoms with E-state index < -0.39 is 0 Å². The lowest BCUT2D eigenvalue weighted by molar-refractivity contribution is -0.120. The summed E-state index contributed by atoms with van der Waals surface area (Å²) in [6.45, 7) is 4.65. The Hall–Kier alpha value is -4.51. The SMILES string of the molecule is COc1cc(-c2nccc(-c3cccc(-c4ccc(CNC[C@@H]5CCC(=O)N5)c(OC)n4)c3Cl)c2C)ccc1CNC[C@H]1CCC(=O)N1. The number of benzene rings is 2. The van der Waals surface area contributed by atoms with Crippen LogP contribution in [0.3, 0.4) is 0 Å². The first-order valence-electron chi connectivity index (χ1n) is 16.3. The third kappa shape index (κ3) is 7.46. The zero-order valence-electron chi connectivity index (χ0n) is 27.5. The van der Waals surface area contributed by atoms with E-state index in [-0.39, 0.29) is 23.9 Å². The highest BCUT2D eigenvalue weighted by atomic mass is 35.5. The standard InChI is InChI=1S/C37H41ClN6O4/c1-22-28(15-16-41-36(22)23-7-8-24(32(17-23)47-2)18-39-20-26-10-13-33(45)42-26)29-5-4-6-30(35(29)38)31-12-9-25(37(44-31)48-3)19-40-21-27-11-14-34(46)43-27/h4-9,12,15-17,26-27,39-40H,10-11,13-14,18-21H2,1-3H3,(H,42,45)(H,43,46)/t26-,27+/m1/s1. The number of amides is 2. The molecule has 0 unspecified atom stereocenters. The molecule has 0 saturated carbocycles. The van der Waals surface area contributed by atoms with Gasteiger partial charge in [-0.15, -0.1) is 0 Å². The molecule has 250 valence electrons. The van der Waals surface area contributed by atoms with E-state index in [0.717, 1.165) is 63.2 Å². The van der Waals surface area contributed by atoms with Crippen molar-refractivity contribution in [2.24, 2.45) is 0 Å². The van der Waals surface area contributed by atoms with Gasteiger partial charge < -0.3 is 30.7 Å². The first-order chi connectivity index (χ1) is 23.3. The number of carbonyl (C=O) groups is 2. The van der Waals surface area contributed by atoms with Crippen LogP contribution in [0.4, 0.5) is 0 Å². The highest BCUT2D eigenvalue weighted by molar-refractivity contribution is 6.36. The molecule has 4 heterocycles. The van der Waals surface area contributed by atoms with Crippen molar-refractivity contribution in [1.82, 2.24) is 31.2 Å². The summed E-state index contributed by atoms with van der Waals surface area (Å²) in [5.74, 6) is 1.52. The molecule has 4 aromatic rings. The average molecular weight is 669 g/mol. The van der Waals surface area contributed by atoms with Crippen LogP contribution in [0, 0.1) is 6.92 Å². The number of aromatic nitrogens is 2. The van der Waals surface area contributed by atoms with Gasteiger partial charge >= 0.3 is 0 Å². The Morgan fingerprint density at radius 1 is 0.833 bits per heavy atom. The van der Waals surface area contributed by atoms with Gasteiger partial charge in [0.1, 0.15) is 5.75 Å². The third-order valence-corrected chi connectivity index (χ3v) is 9.45. The molecule has 2 aliphatic rings. The number of nitrogens with zero attached hydrogens (tertiary/aromatic N) is 2. The quantitative estimate of drug-likeness (QED) is 0.153. The van der Waals surface area contributed by atoms with E-state index in [1.807, 2.05) is 42.5 Å². The second-order valence-corrected chi connectivity index (χ2v) is 12.6. The van der Waals surface area contributed by atoms with Crippen LogP contribution in [0.5, 0.6) is 11.6 Å². The zero-order chi connectivity index (χ0) is 33.6. The molecule has 0 spiro atoms. The molecule has 2 saturated heterocycles. The van der Waals surface area contributed by atoms with Gasteiger partial charge in [0.15, 0.2) is 0 Å². The minimum atomic E-state index is 0.106. The van der Waals surface area contributed by atoms with Crippen molar-refractivity contribution < 1.29 is 19.1 Å². The summed E-state index contributed by atoms with van der Waals surface area (Å²) in [5.41, 5.74) is 8.09. The normalized spacial score (nSPS) is 17.3. The number of nitrogens with one attached hydrogen (secondary N) is 4. The van der Waals surface area contributed by atoms with Gasteiger partial charge in [0, 0.05) is 85.1 Å². The third-order valence-electron chi connectivity index (χ3n) is 9.04. The monoisotopic (exact) mass is 668 g/mol.